The number of unbranched alkanes of at least 4 members (excludes halogenated alkanes) is 27. The summed E-state index contributed by atoms with van der Waals surface area (Å²) in [5, 5.41) is 10.5. The molecule has 2 unspecified atom stereocenters. The van der Waals surface area contributed by atoms with Crippen molar-refractivity contribution < 1.29 is 80.2 Å². The molecule has 80 heavy (non-hydrogen) atoms. The van der Waals surface area contributed by atoms with Crippen LogP contribution in [0.3, 0.4) is 0 Å². The predicted octanol–water partition coefficient (Wildman–Crippen LogP) is 16.3. The molecule has 0 heterocycles. The highest BCUT2D eigenvalue weighted by Crippen LogP contribution is 2.45. The summed E-state index contributed by atoms with van der Waals surface area (Å²) in [6, 6.07) is 0. The van der Waals surface area contributed by atoms with Crippen LogP contribution in [0.2, 0.25) is 0 Å². The number of hydrogen-bond donors (Lipinski definition) is 3. The van der Waals surface area contributed by atoms with Crippen molar-refractivity contribution in [1.29, 1.82) is 0 Å². The van der Waals surface area contributed by atoms with Crippen LogP contribution in [0.5, 0.6) is 0 Å². The number of carbonyl (C=O) groups excluding carboxylic acids is 4. The molecule has 0 aromatic rings. The van der Waals surface area contributed by atoms with E-state index in [4.69, 9.17) is 37.0 Å². The van der Waals surface area contributed by atoms with Crippen molar-refractivity contribution in [3.63, 3.8) is 0 Å². The number of carbonyl (C=O) groups is 4. The Labute approximate surface area is 486 Å². The summed E-state index contributed by atoms with van der Waals surface area (Å²) in [4.78, 5) is 71.8. The molecule has 0 aromatic carbocycles. The third kappa shape index (κ3) is 55.3. The number of phosphoric ester groups is 2. The first kappa shape index (κ1) is 78.1. The normalized spacial score (nSPS) is 14.5. The van der Waals surface area contributed by atoms with Gasteiger partial charge < -0.3 is 33.8 Å². The van der Waals surface area contributed by atoms with Gasteiger partial charge in [0.1, 0.15) is 19.3 Å². The van der Waals surface area contributed by atoms with Gasteiger partial charge in [0.25, 0.3) is 0 Å². The number of phosphoric acid groups is 2. The van der Waals surface area contributed by atoms with Crippen LogP contribution in [0.1, 0.15) is 292 Å². The monoisotopic (exact) mass is 1180 g/mol. The van der Waals surface area contributed by atoms with Crippen LogP contribution in [0, 0.1) is 17.8 Å². The maximum atomic E-state index is 12.9. The minimum Gasteiger partial charge on any atom is -0.462 e. The first-order chi connectivity index (χ1) is 38.2. The lowest BCUT2D eigenvalue weighted by molar-refractivity contribution is -0.161. The van der Waals surface area contributed by atoms with Gasteiger partial charge in [0.2, 0.25) is 0 Å². The van der Waals surface area contributed by atoms with E-state index in [1.165, 1.54) is 96.3 Å². The molecule has 0 radical (unpaired) electrons. The Morgan fingerprint density at radius 2 is 0.575 bits per heavy atom. The van der Waals surface area contributed by atoms with Crippen LogP contribution in [-0.2, 0) is 65.4 Å². The van der Waals surface area contributed by atoms with Gasteiger partial charge in [-0.25, -0.2) is 9.13 Å². The smallest absolute Gasteiger partial charge is 0.462 e. The number of esters is 4. The van der Waals surface area contributed by atoms with E-state index in [1.807, 2.05) is 0 Å². The summed E-state index contributed by atoms with van der Waals surface area (Å²) in [6.07, 6.45) is 32.6. The lowest BCUT2D eigenvalue weighted by Gasteiger charge is -2.21. The third-order valence-electron chi connectivity index (χ3n) is 13.9. The maximum Gasteiger partial charge on any atom is 0.472 e. The molecule has 0 rings (SSSR count). The van der Waals surface area contributed by atoms with Crippen LogP contribution >= 0.6 is 15.6 Å². The molecule has 17 nitrogen and oxygen atoms in total. The zero-order chi connectivity index (χ0) is 59.5. The molecule has 0 aliphatic carbocycles. The first-order valence-electron chi connectivity index (χ1n) is 31.8. The topological polar surface area (TPSA) is 237 Å². The van der Waals surface area contributed by atoms with Crippen molar-refractivity contribution in [3.05, 3.63) is 0 Å². The van der Waals surface area contributed by atoms with Crippen LogP contribution in [0.15, 0.2) is 0 Å². The van der Waals surface area contributed by atoms with Crippen LogP contribution in [0.4, 0.5) is 0 Å². The van der Waals surface area contributed by atoms with E-state index in [1.54, 1.807) is 0 Å². The van der Waals surface area contributed by atoms with Gasteiger partial charge in [-0.3, -0.25) is 37.3 Å². The van der Waals surface area contributed by atoms with Crippen molar-refractivity contribution in [3.8, 4) is 0 Å². The number of aliphatic hydroxyl groups is 1. The molecule has 5 atom stereocenters. The molecular weight excluding hydrogens is 1070 g/mol. The van der Waals surface area contributed by atoms with Crippen LogP contribution < -0.4 is 0 Å². The fourth-order valence-corrected chi connectivity index (χ4v) is 10.5. The SMILES string of the molecule is CCCCCCCC(=O)OC[C@H](COP(=O)(O)OC[C@H](O)COP(=O)(O)OC[C@@H](COC(=O)CCCCCCCCCCC(C)C)OC(=O)CCCCCCCCCCCCCC(C)C)OC(=O)CCCCCCCCCC(C)C. The number of rotatable bonds is 59. The molecule has 0 aliphatic rings. The highest BCUT2D eigenvalue weighted by atomic mass is 31.2. The van der Waals surface area contributed by atoms with Gasteiger partial charge in [0, 0.05) is 25.7 Å². The predicted molar refractivity (Wildman–Crippen MR) is 317 cm³/mol. The van der Waals surface area contributed by atoms with E-state index >= 15 is 0 Å². The van der Waals surface area contributed by atoms with Crippen LogP contribution in [-0.4, -0.2) is 96.7 Å². The second-order valence-electron chi connectivity index (χ2n) is 23.5. The Morgan fingerprint density at radius 3 is 0.850 bits per heavy atom. The van der Waals surface area contributed by atoms with E-state index in [-0.39, 0.29) is 25.7 Å². The highest BCUT2D eigenvalue weighted by molar-refractivity contribution is 7.47. The van der Waals surface area contributed by atoms with E-state index < -0.39 is 97.5 Å². The van der Waals surface area contributed by atoms with Crippen molar-refractivity contribution in [2.45, 2.75) is 311 Å². The summed E-state index contributed by atoms with van der Waals surface area (Å²) in [7, 11) is -9.87. The Kier molecular flexibility index (Phi) is 51.3. The summed E-state index contributed by atoms with van der Waals surface area (Å²) >= 11 is 0. The van der Waals surface area contributed by atoms with Gasteiger partial charge in [-0.2, -0.15) is 0 Å². The zero-order valence-electron chi connectivity index (χ0n) is 51.5. The largest absolute Gasteiger partial charge is 0.472 e. The Hall–Kier alpha value is -1.94. The van der Waals surface area contributed by atoms with Crippen LogP contribution in [0.25, 0.3) is 0 Å². The number of aliphatic hydroxyl groups excluding tert-OH is 1. The number of ether oxygens (including phenoxy) is 4. The third-order valence-corrected chi connectivity index (χ3v) is 15.8. The Morgan fingerprint density at radius 1 is 0.338 bits per heavy atom. The molecule has 0 saturated carbocycles. The molecule has 19 heteroatoms. The fourth-order valence-electron chi connectivity index (χ4n) is 8.95. The summed E-state index contributed by atoms with van der Waals surface area (Å²) < 4.78 is 67.7. The second-order valence-corrected chi connectivity index (χ2v) is 26.4. The van der Waals surface area contributed by atoms with E-state index in [0.717, 1.165) is 108 Å². The highest BCUT2D eigenvalue weighted by Gasteiger charge is 2.30. The van der Waals surface area contributed by atoms with Crippen molar-refractivity contribution in [2.24, 2.45) is 17.8 Å². The molecule has 3 N–H and O–H groups in total. The van der Waals surface area contributed by atoms with Crippen molar-refractivity contribution >= 4 is 39.5 Å². The second kappa shape index (κ2) is 52.6. The molecule has 0 spiro atoms. The Balaban J connectivity index is 5.19. The molecule has 0 saturated heterocycles. The molecule has 0 aromatic heterocycles. The van der Waals surface area contributed by atoms with E-state index in [9.17, 15) is 43.2 Å². The van der Waals surface area contributed by atoms with Gasteiger partial charge >= 0.3 is 39.5 Å². The average molecular weight is 1190 g/mol. The average Bonchev–Trinajstić information content (AvgIpc) is 3.40. The van der Waals surface area contributed by atoms with Crippen molar-refractivity contribution in [1.82, 2.24) is 0 Å². The van der Waals surface area contributed by atoms with Gasteiger partial charge in [-0.1, -0.05) is 241 Å². The molecule has 0 aliphatic heterocycles. The standard InChI is InChI=1S/C61H118O17P2/c1-8-9-10-25-35-42-58(63)71-48-56(77-61(66)45-38-31-24-18-21-28-34-41-54(6)7)50-75-79(67,68)73-46-55(62)47-74-80(69,70)76-51-57(49-72-59(64)43-36-29-22-17-16-20-27-33-40-53(4)5)78-60(65)44-37-30-23-15-13-11-12-14-19-26-32-39-52(2)3/h52-57,62H,8-51H2,1-7H3,(H,67,68)(H,69,70)/t55-,56+,57+/m0/s1. The molecule has 0 amide bonds. The molecular formula is C61H118O17P2. The lowest BCUT2D eigenvalue weighted by Crippen LogP contribution is -2.30. The van der Waals surface area contributed by atoms with E-state index in [2.05, 4.69) is 48.5 Å². The molecule has 0 fully saturated rings. The van der Waals surface area contributed by atoms with Gasteiger partial charge in [-0.05, 0) is 43.4 Å². The lowest BCUT2D eigenvalue weighted by atomic mass is 10.0. The summed E-state index contributed by atoms with van der Waals surface area (Å²) in [5.74, 6) is 0.0351. The molecule has 474 valence electrons. The minimum atomic E-state index is -4.94. The van der Waals surface area contributed by atoms with Gasteiger partial charge in [0.05, 0.1) is 26.4 Å². The Bertz CT molecular complexity index is 1600. The maximum absolute atomic E-state index is 12.9. The summed E-state index contributed by atoms with van der Waals surface area (Å²) in [5.41, 5.74) is 0. The minimum absolute atomic E-state index is 0.102. The van der Waals surface area contributed by atoms with Gasteiger partial charge in [-0.15, -0.1) is 0 Å². The molecule has 0 bridgehead atoms. The zero-order valence-corrected chi connectivity index (χ0v) is 53.3. The fraction of sp³-hybridized carbons (Fsp3) is 0.934. The summed E-state index contributed by atoms with van der Waals surface area (Å²) in [6.45, 7) is 11.6. The number of hydrogen-bond acceptors (Lipinski definition) is 15. The first-order valence-corrected chi connectivity index (χ1v) is 34.8. The van der Waals surface area contributed by atoms with Crippen molar-refractivity contribution in [2.75, 3.05) is 39.6 Å². The van der Waals surface area contributed by atoms with Gasteiger partial charge in [0.15, 0.2) is 12.2 Å². The van der Waals surface area contributed by atoms with E-state index in [0.29, 0.717) is 31.6 Å². The quantitative estimate of drug-likeness (QED) is 0.0222.